The number of hydrogen-bond acceptors (Lipinski definition) is 8. The Balaban J connectivity index is 1.44. The third-order valence-corrected chi connectivity index (χ3v) is 7.66. The van der Waals surface area contributed by atoms with Gasteiger partial charge in [-0.3, -0.25) is 10.1 Å². The summed E-state index contributed by atoms with van der Waals surface area (Å²) in [7, 11) is -3.56. The summed E-state index contributed by atoms with van der Waals surface area (Å²) in [6.45, 7) is 5.23. The highest BCUT2D eigenvalue weighted by atomic mass is 32.2. The van der Waals surface area contributed by atoms with Crippen LogP contribution < -0.4 is 20.1 Å². The van der Waals surface area contributed by atoms with E-state index in [1.54, 1.807) is 38.1 Å². The molecular formula is C21H26N4O6S2. The Kier molecular flexibility index (Phi) is 8.53. The smallest absolute Gasteiger partial charge is 0.325 e. The number of anilines is 1. The third kappa shape index (κ3) is 6.59. The number of rotatable bonds is 9. The van der Waals surface area contributed by atoms with E-state index in [2.05, 4.69) is 15.6 Å². The van der Waals surface area contributed by atoms with E-state index in [1.807, 2.05) is 0 Å². The fourth-order valence-corrected chi connectivity index (χ4v) is 5.23. The number of carbonyl (C=O) groups excluding carboxylic acids is 2. The van der Waals surface area contributed by atoms with Crippen molar-refractivity contribution in [3.8, 4) is 11.5 Å². The Morgan fingerprint density at radius 2 is 1.82 bits per heavy atom. The summed E-state index contributed by atoms with van der Waals surface area (Å²) in [5.74, 6) is 1.06. The van der Waals surface area contributed by atoms with Gasteiger partial charge in [0.15, 0.2) is 11.5 Å². The van der Waals surface area contributed by atoms with E-state index in [0.29, 0.717) is 54.3 Å². The Morgan fingerprint density at radius 3 is 2.48 bits per heavy atom. The lowest BCUT2D eigenvalue weighted by molar-refractivity contribution is -0.119. The molecule has 1 aromatic heterocycles. The number of carbonyl (C=O) groups is 2. The molecule has 0 bridgehead atoms. The molecule has 2 heterocycles. The average molecular weight is 495 g/mol. The first kappa shape index (κ1) is 24.8. The molecule has 0 saturated heterocycles. The Hall–Kier alpha value is -2.83. The van der Waals surface area contributed by atoms with Crippen LogP contribution in [0.3, 0.4) is 0 Å². The second kappa shape index (κ2) is 11.3. The molecule has 0 unspecified atom stereocenters. The highest BCUT2D eigenvalue weighted by Gasteiger charge is 2.21. The maximum atomic E-state index is 12.5. The number of benzene rings is 1. The zero-order chi connectivity index (χ0) is 23.8. The normalized spacial score (nSPS) is 12.9. The fourth-order valence-electron chi connectivity index (χ4n) is 3.04. The van der Waals surface area contributed by atoms with Crippen molar-refractivity contribution in [1.29, 1.82) is 0 Å². The van der Waals surface area contributed by atoms with Crippen LogP contribution in [0.4, 0.5) is 10.5 Å². The van der Waals surface area contributed by atoms with Crippen LogP contribution in [0.2, 0.25) is 0 Å². The van der Waals surface area contributed by atoms with Crippen molar-refractivity contribution < 1.29 is 27.5 Å². The second-order valence-corrected chi connectivity index (χ2v) is 9.93. The maximum Gasteiger partial charge on any atom is 0.325 e. The van der Waals surface area contributed by atoms with Crippen LogP contribution in [0.5, 0.6) is 11.5 Å². The van der Waals surface area contributed by atoms with Crippen molar-refractivity contribution in [2.45, 2.75) is 30.2 Å². The van der Waals surface area contributed by atoms with Gasteiger partial charge in [0, 0.05) is 43.2 Å². The van der Waals surface area contributed by atoms with E-state index in [-0.39, 0.29) is 11.3 Å². The molecule has 0 atom stereocenters. The van der Waals surface area contributed by atoms with Crippen molar-refractivity contribution in [1.82, 2.24) is 14.6 Å². The molecule has 0 saturated carbocycles. The molecule has 3 amide bonds. The predicted molar refractivity (Wildman–Crippen MR) is 124 cm³/mol. The van der Waals surface area contributed by atoms with E-state index in [1.165, 1.54) is 28.3 Å². The summed E-state index contributed by atoms with van der Waals surface area (Å²) < 4.78 is 37.2. The van der Waals surface area contributed by atoms with E-state index in [0.717, 1.165) is 0 Å². The molecule has 1 aliphatic heterocycles. The molecular weight excluding hydrogens is 468 g/mol. The molecule has 3 rings (SSSR count). The molecule has 2 aromatic rings. The van der Waals surface area contributed by atoms with Crippen LogP contribution in [0.25, 0.3) is 0 Å². The first-order valence-electron chi connectivity index (χ1n) is 10.4. The molecule has 33 heavy (non-hydrogen) atoms. The van der Waals surface area contributed by atoms with E-state index in [4.69, 9.17) is 9.47 Å². The molecule has 0 fully saturated rings. The maximum absolute atomic E-state index is 12.5. The number of nitrogens with zero attached hydrogens (tertiary/aromatic N) is 2. The molecule has 0 aliphatic carbocycles. The SMILES string of the molecule is CCN(CC)S(=O)(=O)c1ccc(SCCC(=O)NC(=O)Nc2ccc3c(c2)OCCO3)nc1. The van der Waals surface area contributed by atoms with Gasteiger partial charge in [-0.05, 0) is 24.3 Å². The minimum atomic E-state index is -3.56. The lowest BCUT2D eigenvalue weighted by atomic mass is 10.2. The molecule has 1 aliphatic rings. The van der Waals surface area contributed by atoms with Crippen LogP contribution in [0, 0.1) is 0 Å². The monoisotopic (exact) mass is 494 g/mol. The number of hydrogen-bond donors (Lipinski definition) is 2. The van der Waals surface area contributed by atoms with Gasteiger partial charge in [-0.15, -0.1) is 11.8 Å². The second-order valence-electron chi connectivity index (χ2n) is 6.88. The number of aromatic nitrogens is 1. The Morgan fingerprint density at radius 1 is 1.09 bits per heavy atom. The molecule has 0 radical (unpaired) electrons. The molecule has 178 valence electrons. The summed E-state index contributed by atoms with van der Waals surface area (Å²) in [6, 6.07) is 7.43. The van der Waals surface area contributed by atoms with Crippen molar-refractivity contribution in [3.05, 3.63) is 36.5 Å². The van der Waals surface area contributed by atoms with Gasteiger partial charge in [0.1, 0.15) is 18.1 Å². The zero-order valence-electron chi connectivity index (χ0n) is 18.4. The highest BCUT2D eigenvalue weighted by molar-refractivity contribution is 7.99. The third-order valence-electron chi connectivity index (χ3n) is 4.68. The number of imide groups is 1. The first-order valence-corrected chi connectivity index (χ1v) is 12.9. The minimum Gasteiger partial charge on any atom is -0.486 e. The standard InChI is InChI=1S/C21H26N4O6S2/c1-3-25(4-2)33(28,29)16-6-8-20(22-14-16)32-12-9-19(26)24-21(27)23-15-5-7-17-18(13-15)31-11-10-30-17/h5-8,13-14H,3-4,9-12H2,1-2H3,(H2,23,24,26,27). The van der Waals surface area contributed by atoms with Crippen LogP contribution in [-0.2, 0) is 14.8 Å². The van der Waals surface area contributed by atoms with Gasteiger partial charge in [-0.25, -0.2) is 18.2 Å². The number of amides is 3. The average Bonchev–Trinajstić information content (AvgIpc) is 2.80. The van der Waals surface area contributed by atoms with Gasteiger partial charge < -0.3 is 14.8 Å². The number of thioether (sulfide) groups is 1. The van der Waals surface area contributed by atoms with E-state index >= 15 is 0 Å². The first-order chi connectivity index (χ1) is 15.8. The number of fused-ring (bicyclic) bond motifs is 1. The lowest BCUT2D eigenvalue weighted by Crippen LogP contribution is -2.34. The van der Waals surface area contributed by atoms with Crippen LogP contribution in [0.15, 0.2) is 46.5 Å². The van der Waals surface area contributed by atoms with Crippen molar-refractivity contribution in [2.24, 2.45) is 0 Å². The van der Waals surface area contributed by atoms with Gasteiger partial charge >= 0.3 is 6.03 Å². The summed E-state index contributed by atoms with van der Waals surface area (Å²) in [6.07, 6.45) is 1.40. The van der Waals surface area contributed by atoms with Gasteiger partial charge in [0.2, 0.25) is 15.9 Å². The molecule has 0 spiro atoms. The largest absolute Gasteiger partial charge is 0.486 e. The van der Waals surface area contributed by atoms with Gasteiger partial charge in [-0.2, -0.15) is 4.31 Å². The van der Waals surface area contributed by atoms with Crippen LogP contribution in [-0.4, -0.2) is 61.7 Å². The summed E-state index contributed by atoms with van der Waals surface area (Å²) in [4.78, 5) is 28.4. The topological polar surface area (TPSA) is 127 Å². The molecule has 10 nitrogen and oxygen atoms in total. The Bertz CT molecular complexity index is 1090. The lowest BCUT2D eigenvalue weighted by Gasteiger charge is -2.19. The summed E-state index contributed by atoms with van der Waals surface area (Å²) >= 11 is 1.29. The van der Waals surface area contributed by atoms with Crippen LogP contribution in [0.1, 0.15) is 20.3 Å². The quantitative estimate of drug-likeness (QED) is 0.510. The van der Waals surface area contributed by atoms with E-state index < -0.39 is 22.0 Å². The molecule has 12 heteroatoms. The van der Waals surface area contributed by atoms with Gasteiger partial charge in [0.25, 0.3) is 0 Å². The van der Waals surface area contributed by atoms with Crippen molar-refractivity contribution >= 4 is 39.4 Å². The number of ether oxygens (including phenoxy) is 2. The number of pyridine rings is 1. The minimum absolute atomic E-state index is 0.0837. The fraction of sp³-hybridized carbons (Fsp3) is 0.381. The van der Waals surface area contributed by atoms with E-state index in [9.17, 15) is 18.0 Å². The highest BCUT2D eigenvalue weighted by Crippen LogP contribution is 2.32. The number of sulfonamides is 1. The van der Waals surface area contributed by atoms with Gasteiger partial charge in [-0.1, -0.05) is 13.8 Å². The number of urea groups is 1. The molecule has 1 aromatic carbocycles. The van der Waals surface area contributed by atoms with Gasteiger partial charge in [0.05, 0.1) is 5.03 Å². The summed E-state index contributed by atoms with van der Waals surface area (Å²) in [5, 5.41) is 5.44. The van der Waals surface area contributed by atoms with Crippen molar-refractivity contribution in [3.63, 3.8) is 0 Å². The number of nitrogens with one attached hydrogen (secondary N) is 2. The molecule has 2 N–H and O–H groups in total. The Labute approximate surface area is 197 Å². The zero-order valence-corrected chi connectivity index (χ0v) is 20.0. The van der Waals surface area contributed by atoms with Crippen molar-refractivity contribution in [2.75, 3.05) is 37.4 Å². The summed E-state index contributed by atoms with van der Waals surface area (Å²) in [5.41, 5.74) is 0.475. The predicted octanol–water partition coefficient (Wildman–Crippen LogP) is 2.71. The van der Waals surface area contributed by atoms with Crippen LogP contribution >= 0.6 is 11.8 Å².